The van der Waals surface area contributed by atoms with Crippen LogP contribution in [0.4, 0.5) is 0 Å². The quantitative estimate of drug-likeness (QED) is 0.704. The molecule has 1 saturated heterocycles. The number of para-hydroxylation sites is 2. The van der Waals surface area contributed by atoms with E-state index in [4.69, 9.17) is 4.74 Å². The Bertz CT molecular complexity index is 918. The molecule has 1 aliphatic heterocycles. The van der Waals surface area contributed by atoms with Crippen molar-refractivity contribution in [3.63, 3.8) is 0 Å². The molecule has 0 radical (unpaired) electrons. The molecule has 1 unspecified atom stereocenters. The smallest absolute Gasteiger partial charge is 0.224 e. The second kappa shape index (κ2) is 7.20. The number of carbonyl (C=O) groups is 1. The van der Waals surface area contributed by atoms with E-state index in [0.717, 1.165) is 41.7 Å². The number of aromatic nitrogens is 2. The van der Waals surface area contributed by atoms with Crippen molar-refractivity contribution in [2.75, 3.05) is 13.7 Å². The predicted molar refractivity (Wildman–Crippen MR) is 101 cm³/mol. The van der Waals surface area contributed by atoms with Gasteiger partial charge in [0.15, 0.2) is 0 Å². The zero-order valence-corrected chi connectivity index (χ0v) is 15.0. The highest BCUT2D eigenvalue weighted by atomic mass is 16.5. The summed E-state index contributed by atoms with van der Waals surface area (Å²) in [6.45, 7) is 1.48. The van der Waals surface area contributed by atoms with E-state index in [0.29, 0.717) is 13.0 Å². The number of imidazole rings is 1. The van der Waals surface area contributed by atoms with Gasteiger partial charge in [-0.15, -0.1) is 0 Å². The third-order valence-electron chi connectivity index (χ3n) is 5.15. The lowest BCUT2D eigenvalue weighted by molar-refractivity contribution is -0.132. The van der Waals surface area contributed by atoms with Gasteiger partial charge >= 0.3 is 0 Å². The van der Waals surface area contributed by atoms with Gasteiger partial charge in [0.2, 0.25) is 5.91 Å². The average molecular weight is 349 g/mol. The van der Waals surface area contributed by atoms with E-state index in [1.54, 1.807) is 7.11 Å². The largest absolute Gasteiger partial charge is 0.497 e. The number of carbonyl (C=O) groups excluding carboxylic acids is 1. The normalized spacial score (nSPS) is 17.0. The number of rotatable bonds is 5. The molecule has 1 aromatic heterocycles. The number of aryl methyl sites for hydroxylation is 1. The molecule has 1 atom stereocenters. The van der Waals surface area contributed by atoms with E-state index in [9.17, 15) is 4.79 Å². The molecule has 1 aliphatic rings. The molecular formula is C21H23N3O2. The van der Waals surface area contributed by atoms with Crippen LogP contribution in [0, 0.1) is 0 Å². The maximum absolute atomic E-state index is 12.9. The molecule has 0 bridgehead atoms. The minimum absolute atomic E-state index is 0.150. The van der Waals surface area contributed by atoms with Crippen molar-refractivity contribution in [1.82, 2.24) is 14.5 Å². The second-order valence-corrected chi connectivity index (χ2v) is 6.70. The first-order valence-electron chi connectivity index (χ1n) is 9.09. The van der Waals surface area contributed by atoms with Gasteiger partial charge in [0.05, 0.1) is 30.5 Å². The van der Waals surface area contributed by atoms with Crippen LogP contribution < -0.4 is 4.74 Å². The molecule has 3 aromatic rings. The number of hydrogen-bond donors (Lipinski definition) is 0. The lowest BCUT2D eigenvalue weighted by atomic mass is 10.0. The number of fused-ring (bicyclic) bond motifs is 1. The summed E-state index contributed by atoms with van der Waals surface area (Å²) in [4.78, 5) is 19.3. The van der Waals surface area contributed by atoms with Crippen molar-refractivity contribution in [3.05, 3.63) is 60.4 Å². The van der Waals surface area contributed by atoms with Crippen LogP contribution in [0.25, 0.3) is 11.0 Å². The number of ether oxygens (including phenoxy) is 1. The highest BCUT2D eigenvalue weighted by molar-refractivity contribution is 5.78. The van der Waals surface area contributed by atoms with Gasteiger partial charge in [-0.3, -0.25) is 4.79 Å². The SMILES string of the molecule is COc1cccc(C2CCCN2C(=O)CCn2cnc3ccccc32)c1. The molecule has 1 fully saturated rings. The van der Waals surface area contributed by atoms with Crippen LogP contribution in [0.2, 0.25) is 0 Å². The monoisotopic (exact) mass is 349 g/mol. The minimum Gasteiger partial charge on any atom is -0.497 e. The van der Waals surface area contributed by atoms with Crippen molar-refractivity contribution < 1.29 is 9.53 Å². The number of amides is 1. The van der Waals surface area contributed by atoms with Crippen molar-refractivity contribution in [2.24, 2.45) is 0 Å². The van der Waals surface area contributed by atoms with Gasteiger partial charge in [-0.25, -0.2) is 4.98 Å². The van der Waals surface area contributed by atoms with Crippen molar-refractivity contribution >= 4 is 16.9 Å². The topological polar surface area (TPSA) is 47.4 Å². The highest BCUT2D eigenvalue weighted by Crippen LogP contribution is 2.34. The fourth-order valence-corrected chi connectivity index (χ4v) is 3.81. The van der Waals surface area contributed by atoms with E-state index in [1.807, 2.05) is 53.7 Å². The standard InChI is InChI=1S/C21H23N3O2/c1-26-17-7-4-6-16(14-17)19-10-5-12-24(19)21(25)11-13-23-15-22-18-8-2-3-9-20(18)23/h2-4,6-9,14-15,19H,5,10-13H2,1H3. The molecule has 0 aliphatic carbocycles. The molecule has 1 amide bonds. The van der Waals surface area contributed by atoms with E-state index in [1.165, 1.54) is 0 Å². The van der Waals surface area contributed by atoms with Crippen LogP contribution in [0.15, 0.2) is 54.9 Å². The Labute approximate surface area is 153 Å². The maximum atomic E-state index is 12.9. The molecule has 134 valence electrons. The lowest BCUT2D eigenvalue weighted by Gasteiger charge is -2.25. The summed E-state index contributed by atoms with van der Waals surface area (Å²) in [7, 11) is 1.67. The molecule has 0 saturated carbocycles. The Balaban J connectivity index is 1.46. The second-order valence-electron chi connectivity index (χ2n) is 6.70. The van der Waals surface area contributed by atoms with Gasteiger partial charge in [0.1, 0.15) is 5.75 Å². The Morgan fingerprint density at radius 1 is 1.23 bits per heavy atom. The number of hydrogen-bond acceptors (Lipinski definition) is 3. The summed E-state index contributed by atoms with van der Waals surface area (Å²) in [5.74, 6) is 1.04. The zero-order valence-electron chi connectivity index (χ0n) is 15.0. The molecule has 0 N–H and O–H groups in total. The number of nitrogens with zero attached hydrogens (tertiary/aromatic N) is 3. The van der Waals surface area contributed by atoms with Crippen molar-refractivity contribution in [2.45, 2.75) is 31.8 Å². The third kappa shape index (κ3) is 3.17. The predicted octanol–water partition coefficient (Wildman–Crippen LogP) is 3.80. The first-order valence-corrected chi connectivity index (χ1v) is 9.09. The summed E-state index contributed by atoms with van der Waals surface area (Å²) in [5.41, 5.74) is 3.20. The highest BCUT2D eigenvalue weighted by Gasteiger charge is 2.29. The zero-order chi connectivity index (χ0) is 17.9. The summed E-state index contributed by atoms with van der Waals surface area (Å²) >= 11 is 0. The summed E-state index contributed by atoms with van der Waals surface area (Å²) < 4.78 is 7.39. The summed E-state index contributed by atoms with van der Waals surface area (Å²) in [5, 5.41) is 0. The van der Waals surface area contributed by atoms with Gasteiger partial charge in [-0.2, -0.15) is 0 Å². The van der Waals surface area contributed by atoms with E-state index >= 15 is 0 Å². The number of benzene rings is 2. The minimum atomic E-state index is 0.150. The van der Waals surface area contributed by atoms with Gasteiger partial charge in [-0.1, -0.05) is 24.3 Å². The van der Waals surface area contributed by atoms with Crippen LogP contribution >= 0.6 is 0 Å². The number of likely N-dealkylation sites (tertiary alicyclic amines) is 1. The van der Waals surface area contributed by atoms with Crippen LogP contribution in [0.3, 0.4) is 0 Å². The van der Waals surface area contributed by atoms with E-state index < -0.39 is 0 Å². The van der Waals surface area contributed by atoms with E-state index in [2.05, 4.69) is 15.6 Å². The summed E-state index contributed by atoms with van der Waals surface area (Å²) in [6, 6.07) is 16.2. The Hall–Kier alpha value is -2.82. The number of methoxy groups -OCH3 is 1. The van der Waals surface area contributed by atoms with E-state index in [-0.39, 0.29) is 11.9 Å². The molecular weight excluding hydrogens is 326 g/mol. The third-order valence-corrected chi connectivity index (χ3v) is 5.15. The average Bonchev–Trinajstić information content (AvgIpc) is 3.33. The molecule has 2 aromatic carbocycles. The van der Waals surface area contributed by atoms with Gasteiger partial charge in [-0.05, 0) is 42.7 Å². The maximum Gasteiger partial charge on any atom is 0.224 e. The Morgan fingerprint density at radius 3 is 3.00 bits per heavy atom. The lowest BCUT2D eigenvalue weighted by Crippen LogP contribution is -2.31. The molecule has 2 heterocycles. The fourth-order valence-electron chi connectivity index (χ4n) is 3.81. The summed E-state index contributed by atoms with van der Waals surface area (Å²) in [6.07, 6.45) is 4.36. The molecule has 4 rings (SSSR count). The molecule has 5 heteroatoms. The first-order chi connectivity index (χ1) is 12.8. The Kier molecular flexibility index (Phi) is 4.61. The Morgan fingerprint density at radius 2 is 2.12 bits per heavy atom. The fraction of sp³-hybridized carbons (Fsp3) is 0.333. The van der Waals surface area contributed by atoms with Gasteiger partial charge in [0.25, 0.3) is 0 Å². The van der Waals surface area contributed by atoms with Gasteiger partial charge < -0.3 is 14.2 Å². The van der Waals surface area contributed by atoms with Crippen LogP contribution in [-0.2, 0) is 11.3 Å². The van der Waals surface area contributed by atoms with Crippen molar-refractivity contribution in [1.29, 1.82) is 0 Å². The van der Waals surface area contributed by atoms with Crippen LogP contribution in [0.5, 0.6) is 5.75 Å². The van der Waals surface area contributed by atoms with Gasteiger partial charge in [0, 0.05) is 19.5 Å². The van der Waals surface area contributed by atoms with Crippen molar-refractivity contribution in [3.8, 4) is 5.75 Å². The van der Waals surface area contributed by atoms with Crippen LogP contribution in [0.1, 0.15) is 30.9 Å². The van der Waals surface area contributed by atoms with Crippen LogP contribution in [-0.4, -0.2) is 34.0 Å². The molecule has 5 nitrogen and oxygen atoms in total. The first kappa shape index (κ1) is 16.6. The molecule has 0 spiro atoms. The molecule has 26 heavy (non-hydrogen) atoms.